The highest BCUT2D eigenvalue weighted by atomic mass is 16.5. The smallest absolute Gasteiger partial charge is 0.278 e. The first-order valence-corrected chi connectivity index (χ1v) is 10.7. The Hall–Kier alpha value is -3.01. The zero-order valence-electron chi connectivity index (χ0n) is 18.1. The molecule has 5 rings (SSSR count). The van der Waals surface area contributed by atoms with Crippen molar-refractivity contribution in [3.8, 4) is 11.6 Å². The van der Waals surface area contributed by atoms with Gasteiger partial charge >= 0.3 is 0 Å². The van der Waals surface area contributed by atoms with E-state index in [9.17, 15) is 4.79 Å². The first-order chi connectivity index (χ1) is 15.0. The largest absolute Gasteiger partial charge is 0.376 e. The van der Waals surface area contributed by atoms with Gasteiger partial charge in [0, 0.05) is 44.2 Å². The van der Waals surface area contributed by atoms with E-state index in [4.69, 9.17) is 18.9 Å². The molecule has 0 spiro atoms. The summed E-state index contributed by atoms with van der Waals surface area (Å²) in [5, 5.41) is 12.8. The Morgan fingerprint density at radius 1 is 1.23 bits per heavy atom. The third-order valence-corrected chi connectivity index (χ3v) is 5.96. The summed E-state index contributed by atoms with van der Waals surface area (Å²) in [4.78, 5) is 18.8. The number of aromatic nitrogens is 5. The molecule has 1 fully saturated rings. The van der Waals surface area contributed by atoms with Crippen LogP contribution in [-0.4, -0.2) is 56.1 Å². The monoisotopic (exact) mass is 426 g/mol. The lowest BCUT2D eigenvalue weighted by Crippen LogP contribution is -2.29. The van der Waals surface area contributed by atoms with Gasteiger partial charge in [-0.05, 0) is 32.6 Å². The van der Waals surface area contributed by atoms with Crippen LogP contribution < -0.4 is 0 Å². The van der Waals surface area contributed by atoms with E-state index in [-0.39, 0.29) is 5.91 Å². The Morgan fingerprint density at radius 2 is 2.06 bits per heavy atom. The van der Waals surface area contributed by atoms with Crippen LogP contribution in [-0.2, 0) is 30.7 Å². The third-order valence-electron chi connectivity index (χ3n) is 5.96. The normalized spacial score (nSPS) is 15.8. The minimum absolute atomic E-state index is 0.134. The molecule has 0 N–H and O–H groups in total. The first-order valence-electron chi connectivity index (χ1n) is 10.7. The minimum Gasteiger partial charge on any atom is -0.376 e. The molecule has 31 heavy (non-hydrogen) atoms. The molecule has 2 aliphatic rings. The van der Waals surface area contributed by atoms with E-state index in [2.05, 4.69) is 20.0 Å². The van der Waals surface area contributed by atoms with Crippen LogP contribution in [0.3, 0.4) is 0 Å². The second-order valence-corrected chi connectivity index (χ2v) is 8.39. The van der Waals surface area contributed by atoms with Crippen molar-refractivity contribution in [3.63, 3.8) is 0 Å². The molecule has 4 heterocycles. The molecule has 10 nitrogen and oxygen atoms in total. The molecule has 0 unspecified atom stereocenters. The van der Waals surface area contributed by atoms with Gasteiger partial charge in [0.05, 0.1) is 18.9 Å². The Balaban J connectivity index is 1.29. The Labute approximate surface area is 179 Å². The lowest BCUT2D eigenvalue weighted by Gasteiger charge is -2.15. The lowest BCUT2D eigenvalue weighted by atomic mass is 10.1. The van der Waals surface area contributed by atoms with Crippen molar-refractivity contribution in [2.24, 2.45) is 5.92 Å². The fraction of sp³-hybridized carbons (Fsp3) is 0.571. The van der Waals surface area contributed by atoms with Gasteiger partial charge in [-0.1, -0.05) is 10.3 Å². The summed E-state index contributed by atoms with van der Waals surface area (Å²) < 4.78 is 18.4. The molecular weight excluding hydrogens is 400 g/mol. The van der Waals surface area contributed by atoms with Crippen LogP contribution >= 0.6 is 0 Å². The van der Waals surface area contributed by atoms with Crippen molar-refractivity contribution < 1.29 is 18.6 Å². The molecule has 0 saturated heterocycles. The molecule has 3 aromatic heterocycles. The zero-order chi connectivity index (χ0) is 21.5. The predicted molar refractivity (Wildman–Crippen MR) is 108 cm³/mol. The summed E-state index contributed by atoms with van der Waals surface area (Å²) in [6, 6.07) is 0. The fourth-order valence-corrected chi connectivity index (χ4v) is 3.98. The van der Waals surface area contributed by atoms with Gasteiger partial charge in [0.25, 0.3) is 11.8 Å². The molecule has 1 amide bonds. The van der Waals surface area contributed by atoms with Crippen LogP contribution in [0, 0.1) is 19.8 Å². The van der Waals surface area contributed by atoms with E-state index in [0.717, 1.165) is 24.4 Å². The molecule has 1 aliphatic heterocycles. The number of carbonyl (C=O) groups is 1. The van der Waals surface area contributed by atoms with Gasteiger partial charge in [-0.2, -0.15) is 10.1 Å². The van der Waals surface area contributed by atoms with Gasteiger partial charge in [-0.25, -0.2) is 0 Å². The molecule has 3 aromatic rings. The Kier molecular flexibility index (Phi) is 5.09. The van der Waals surface area contributed by atoms with Gasteiger partial charge < -0.3 is 18.7 Å². The molecule has 0 radical (unpaired) electrons. The van der Waals surface area contributed by atoms with Gasteiger partial charge in [0.15, 0.2) is 11.5 Å². The molecule has 1 aliphatic carbocycles. The van der Waals surface area contributed by atoms with Crippen LogP contribution in [0.1, 0.15) is 51.7 Å². The third kappa shape index (κ3) is 3.87. The maximum absolute atomic E-state index is 12.7. The number of hydrogen-bond acceptors (Lipinski definition) is 8. The number of likely N-dealkylation sites (N-methyl/N-ethyl adjacent to an activating group) is 1. The highest BCUT2D eigenvalue weighted by Crippen LogP contribution is 2.34. The van der Waals surface area contributed by atoms with Gasteiger partial charge in [0.1, 0.15) is 11.3 Å². The lowest BCUT2D eigenvalue weighted by molar-refractivity contribution is 0.0793. The van der Waals surface area contributed by atoms with E-state index < -0.39 is 0 Å². The second-order valence-electron chi connectivity index (χ2n) is 8.39. The summed E-state index contributed by atoms with van der Waals surface area (Å²) in [6.07, 6.45) is 3.86. The zero-order valence-corrected chi connectivity index (χ0v) is 18.1. The van der Waals surface area contributed by atoms with Gasteiger partial charge in [-0.15, -0.1) is 0 Å². The average molecular weight is 426 g/mol. The molecular formula is C21H26N6O4. The molecule has 0 atom stereocenters. The van der Waals surface area contributed by atoms with Crippen LogP contribution in [0.2, 0.25) is 0 Å². The van der Waals surface area contributed by atoms with Crippen molar-refractivity contribution >= 4 is 5.91 Å². The molecule has 1 saturated carbocycles. The number of ether oxygens (including phenoxy) is 1. The van der Waals surface area contributed by atoms with Crippen molar-refractivity contribution in [2.45, 2.75) is 52.7 Å². The molecule has 164 valence electrons. The van der Waals surface area contributed by atoms with Crippen molar-refractivity contribution in [3.05, 3.63) is 34.1 Å². The van der Waals surface area contributed by atoms with Crippen molar-refractivity contribution in [1.29, 1.82) is 0 Å². The highest BCUT2D eigenvalue weighted by molar-refractivity contribution is 5.95. The average Bonchev–Trinajstić information content (AvgIpc) is 3.18. The van der Waals surface area contributed by atoms with Gasteiger partial charge in [0.2, 0.25) is 0 Å². The maximum atomic E-state index is 12.7. The van der Waals surface area contributed by atoms with Crippen LogP contribution in [0.5, 0.6) is 0 Å². The van der Waals surface area contributed by atoms with Crippen LogP contribution in [0.25, 0.3) is 11.6 Å². The quantitative estimate of drug-likeness (QED) is 0.566. The summed E-state index contributed by atoms with van der Waals surface area (Å²) in [7, 11) is 1.74. The number of amides is 1. The van der Waals surface area contributed by atoms with E-state index in [1.165, 1.54) is 18.5 Å². The molecule has 0 bridgehead atoms. The van der Waals surface area contributed by atoms with Crippen LogP contribution in [0.4, 0.5) is 0 Å². The SMILES string of the molecule is Cc1noc(C)c1C(=O)N(C)CCc1noc(-c2nn(CC3CC3)c3c2COCC3)n1. The van der Waals surface area contributed by atoms with E-state index >= 15 is 0 Å². The van der Waals surface area contributed by atoms with E-state index in [1.54, 1.807) is 25.8 Å². The minimum atomic E-state index is -0.134. The van der Waals surface area contributed by atoms with Crippen molar-refractivity contribution in [2.75, 3.05) is 20.2 Å². The number of hydrogen-bond donors (Lipinski definition) is 0. The topological polar surface area (TPSA) is 112 Å². The Morgan fingerprint density at radius 3 is 2.81 bits per heavy atom. The van der Waals surface area contributed by atoms with Gasteiger partial charge in [-0.3, -0.25) is 9.48 Å². The van der Waals surface area contributed by atoms with Crippen molar-refractivity contribution in [1.82, 2.24) is 30.0 Å². The summed E-state index contributed by atoms with van der Waals surface area (Å²) in [5.41, 5.74) is 4.08. The number of fused-ring (bicyclic) bond motifs is 1. The maximum Gasteiger partial charge on any atom is 0.278 e. The van der Waals surface area contributed by atoms with Crippen LogP contribution in [0.15, 0.2) is 9.05 Å². The standard InChI is InChI=1S/C21H26N6O4/c1-12-18(13(2)30-24-12)21(28)26(3)8-6-17-22-20(31-25-17)19-15-11-29-9-7-16(15)27(23-19)10-14-4-5-14/h14H,4-11H2,1-3H3. The number of aryl methyl sites for hydroxylation is 2. The fourth-order valence-electron chi connectivity index (χ4n) is 3.98. The molecule has 10 heteroatoms. The second kappa shape index (κ2) is 7.92. The number of nitrogens with zero attached hydrogens (tertiary/aromatic N) is 6. The van der Waals surface area contributed by atoms with E-state index in [0.29, 0.717) is 60.6 Å². The highest BCUT2D eigenvalue weighted by Gasteiger charge is 2.29. The summed E-state index contributed by atoms with van der Waals surface area (Å²) in [6.45, 7) is 6.11. The molecule has 0 aromatic carbocycles. The summed E-state index contributed by atoms with van der Waals surface area (Å²) >= 11 is 0. The van der Waals surface area contributed by atoms with E-state index in [1.807, 2.05) is 0 Å². The number of rotatable bonds is 7. The summed E-state index contributed by atoms with van der Waals surface area (Å²) in [5.74, 6) is 2.06. The first kappa shape index (κ1) is 19.9. The predicted octanol–water partition coefficient (Wildman–Crippen LogP) is 2.34. The number of carbonyl (C=O) groups excluding carboxylic acids is 1. The Bertz CT molecular complexity index is 1090.